The van der Waals surface area contributed by atoms with Crippen LogP contribution in [0.15, 0.2) is 6.20 Å². The molecule has 1 aromatic rings. The minimum atomic E-state index is -0.409. The molecule has 1 fully saturated rings. The van der Waals surface area contributed by atoms with Gasteiger partial charge in [-0.2, -0.15) is 4.98 Å². The predicted octanol–water partition coefficient (Wildman–Crippen LogP) is 1.12. The van der Waals surface area contributed by atoms with E-state index in [1.165, 1.54) is 0 Å². The first kappa shape index (κ1) is 13.0. The van der Waals surface area contributed by atoms with Crippen molar-refractivity contribution in [2.45, 2.75) is 26.3 Å². The molecule has 0 bridgehead atoms. The molecule has 0 radical (unpaired) electrons. The lowest BCUT2D eigenvalue weighted by Gasteiger charge is -2.42. The van der Waals surface area contributed by atoms with Crippen LogP contribution in [-0.2, 0) is 0 Å². The van der Waals surface area contributed by atoms with Crippen molar-refractivity contribution in [2.75, 3.05) is 36.8 Å². The average molecular weight is 253 g/mol. The van der Waals surface area contributed by atoms with E-state index in [4.69, 9.17) is 5.73 Å². The fraction of sp³-hybridized carbons (Fsp3) is 0.667. The van der Waals surface area contributed by atoms with Gasteiger partial charge in [0.25, 0.3) is 0 Å². The fourth-order valence-electron chi connectivity index (χ4n) is 2.18. The highest BCUT2D eigenvalue weighted by molar-refractivity contribution is 5.43. The van der Waals surface area contributed by atoms with Crippen molar-refractivity contribution in [3.8, 4) is 0 Å². The van der Waals surface area contributed by atoms with Crippen molar-refractivity contribution in [3.63, 3.8) is 0 Å². The molecule has 1 saturated heterocycles. The van der Waals surface area contributed by atoms with Gasteiger partial charge in [0.15, 0.2) is 11.6 Å². The average Bonchev–Trinajstić information content (AvgIpc) is 2.31. The number of aromatic nitrogens is 2. The minimum absolute atomic E-state index is 0.115. The highest BCUT2D eigenvalue weighted by Gasteiger charge is 2.27. The Balaban J connectivity index is 2.08. The van der Waals surface area contributed by atoms with E-state index in [0.717, 1.165) is 32.4 Å². The molecule has 1 aliphatic heterocycles. The van der Waals surface area contributed by atoms with Crippen molar-refractivity contribution < 1.29 is 4.39 Å². The molecular formula is C12H20FN5. The maximum absolute atomic E-state index is 13.6. The van der Waals surface area contributed by atoms with Gasteiger partial charge in [0.05, 0.1) is 6.20 Å². The third kappa shape index (κ3) is 2.69. The largest absolute Gasteiger partial charge is 0.368 e. The Hall–Kier alpha value is -1.43. The molecule has 0 spiro atoms. The third-order valence-corrected chi connectivity index (χ3v) is 3.27. The zero-order valence-corrected chi connectivity index (χ0v) is 11.1. The monoisotopic (exact) mass is 253 g/mol. The van der Waals surface area contributed by atoms with Crippen LogP contribution in [0.2, 0.25) is 0 Å². The summed E-state index contributed by atoms with van der Waals surface area (Å²) in [6.45, 7) is 9.86. The first-order valence-corrected chi connectivity index (χ1v) is 6.16. The fourth-order valence-corrected chi connectivity index (χ4v) is 2.18. The van der Waals surface area contributed by atoms with Crippen LogP contribution in [-0.4, -0.2) is 46.6 Å². The van der Waals surface area contributed by atoms with Crippen LogP contribution >= 0.6 is 0 Å². The first-order valence-electron chi connectivity index (χ1n) is 6.16. The molecule has 0 amide bonds. The molecular weight excluding hydrogens is 233 g/mol. The van der Waals surface area contributed by atoms with Gasteiger partial charge in [-0.3, -0.25) is 4.90 Å². The summed E-state index contributed by atoms with van der Waals surface area (Å²) in [5.74, 6) is 0.0223. The summed E-state index contributed by atoms with van der Waals surface area (Å²) in [7, 11) is 0. The SMILES string of the molecule is CC(C)(C)N1CCN(c2nc(N)ncc2F)CC1. The molecule has 2 heterocycles. The van der Waals surface area contributed by atoms with Crippen LogP contribution in [0.3, 0.4) is 0 Å². The van der Waals surface area contributed by atoms with Crippen molar-refractivity contribution in [3.05, 3.63) is 12.0 Å². The summed E-state index contributed by atoms with van der Waals surface area (Å²) in [4.78, 5) is 11.9. The van der Waals surface area contributed by atoms with E-state index in [2.05, 4.69) is 35.6 Å². The summed E-state index contributed by atoms with van der Waals surface area (Å²) in [5.41, 5.74) is 5.65. The van der Waals surface area contributed by atoms with Crippen molar-refractivity contribution >= 4 is 11.8 Å². The number of hydrogen-bond acceptors (Lipinski definition) is 5. The molecule has 1 aromatic heterocycles. The molecule has 1 aliphatic rings. The van der Waals surface area contributed by atoms with E-state index in [1.807, 2.05) is 4.90 Å². The van der Waals surface area contributed by atoms with Gasteiger partial charge in [0, 0.05) is 31.7 Å². The zero-order chi connectivity index (χ0) is 13.3. The summed E-state index contributed by atoms with van der Waals surface area (Å²) < 4.78 is 13.6. The number of nitrogen functional groups attached to an aromatic ring is 1. The van der Waals surface area contributed by atoms with Crippen LogP contribution in [0.4, 0.5) is 16.2 Å². The second kappa shape index (κ2) is 4.68. The van der Waals surface area contributed by atoms with E-state index < -0.39 is 5.82 Å². The van der Waals surface area contributed by atoms with Gasteiger partial charge in [-0.05, 0) is 20.8 Å². The molecule has 0 atom stereocenters. The van der Waals surface area contributed by atoms with E-state index in [-0.39, 0.29) is 11.5 Å². The number of hydrogen-bond donors (Lipinski definition) is 1. The molecule has 0 saturated carbocycles. The second-order valence-corrected chi connectivity index (χ2v) is 5.54. The molecule has 0 aliphatic carbocycles. The lowest BCUT2D eigenvalue weighted by atomic mass is 10.1. The Labute approximate surface area is 107 Å². The summed E-state index contributed by atoms with van der Waals surface area (Å²) in [5, 5.41) is 0. The van der Waals surface area contributed by atoms with Crippen LogP contribution in [0.25, 0.3) is 0 Å². The summed E-state index contributed by atoms with van der Waals surface area (Å²) >= 11 is 0. The van der Waals surface area contributed by atoms with E-state index in [9.17, 15) is 4.39 Å². The minimum Gasteiger partial charge on any atom is -0.368 e. The van der Waals surface area contributed by atoms with Crippen LogP contribution < -0.4 is 10.6 Å². The van der Waals surface area contributed by atoms with Crippen LogP contribution in [0.5, 0.6) is 0 Å². The number of anilines is 2. The van der Waals surface area contributed by atoms with Crippen molar-refractivity contribution in [1.82, 2.24) is 14.9 Å². The van der Waals surface area contributed by atoms with Crippen LogP contribution in [0, 0.1) is 5.82 Å². The van der Waals surface area contributed by atoms with Gasteiger partial charge in [-0.15, -0.1) is 0 Å². The maximum atomic E-state index is 13.6. The Morgan fingerprint density at radius 1 is 1.22 bits per heavy atom. The molecule has 100 valence electrons. The van der Waals surface area contributed by atoms with Gasteiger partial charge in [0.1, 0.15) is 0 Å². The Morgan fingerprint density at radius 3 is 2.39 bits per heavy atom. The van der Waals surface area contributed by atoms with E-state index in [0.29, 0.717) is 5.82 Å². The molecule has 2 rings (SSSR count). The molecule has 0 aromatic carbocycles. The lowest BCUT2D eigenvalue weighted by molar-refractivity contribution is 0.128. The number of halogens is 1. The van der Waals surface area contributed by atoms with Gasteiger partial charge in [-0.25, -0.2) is 9.37 Å². The summed E-state index contributed by atoms with van der Waals surface area (Å²) in [6.07, 6.45) is 1.13. The van der Waals surface area contributed by atoms with Gasteiger partial charge >= 0.3 is 0 Å². The molecule has 18 heavy (non-hydrogen) atoms. The van der Waals surface area contributed by atoms with E-state index in [1.54, 1.807) is 0 Å². The number of rotatable bonds is 1. The van der Waals surface area contributed by atoms with Crippen molar-refractivity contribution in [1.29, 1.82) is 0 Å². The van der Waals surface area contributed by atoms with E-state index >= 15 is 0 Å². The third-order valence-electron chi connectivity index (χ3n) is 3.27. The smallest absolute Gasteiger partial charge is 0.222 e. The van der Waals surface area contributed by atoms with Gasteiger partial charge < -0.3 is 10.6 Å². The molecule has 5 nitrogen and oxygen atoms in total. The van der Waals surface area contributed by atoms with Gasteiger partial charge in [-0.1, -0.05) is 0 Å². The Bertz CT molecular complexity index is 421. The van der Waals surface area contributed by atoms with Gasteiger partial charge in [0.2, 0.25) is 5.95 Å². The number of nitrogens with two attached hydrogens (primary N) is 1. The first-order chi connectivity index (χ1) is 8.38. The molecule has 6 heteroatoms. The normalized spacial score (nSPS) is 18.1. The quantitative estimate of drug-likeness (QED) is 0.812. The summed E-state index contributed by atoms with van der Waals surface area (Å²) in [6, 6.07) is 0. The zero-order valence-electron chi connectivity index (χ0n) is 11.1. The molecule has 0 unspecified atom stereocenters. The maximum Gasteiger partial charge on any atom is 0.222 e. The predicted molar refractivity (Wildman–Crippen MR) is 69.9 cm³/mol. The topological polar surface area (TPSA) is 58.3 Å². The Morgan fingerprint density at radius 2 is 1.83 bits per heavy atom. The lowest BCUT2D eigenvalue weighted by Crippen LogP contribution is -2.53. The second-order valence-electron chi connectivity index (χ2n) is 5.54. The highest BCUT2D eigenvalue weighted by Crippen LogP contribution is 2.21. The Kier molecular flexibility index (Phi) is 3.38. The number of nitrogens with zero attached hydrogens (tertiary/aromatic N) is 4. The standard InChI is InChI=1S/C12H20FN5/c1-12(2,3)18-6-4-17(5-7-18)10-9(13)8-15-11(14)16-10/h8H,4-7H2,1-3H3,(H2,14,15,16). The number of piperazine rings is 1. The molecule has 2 N–H and O–H groups in total. The van der Waals surface area contributed by atoms with Crippen molar-refractivity contribution in [2.24, 2.45) is 0 Å². The highest BCUT2D eigenvalue weighted by atomic mass is 19.1. The van der Waals surface area contributed by atoms with Crippen LogP contribution in [0.1, 0.15) is 20.8 Å².